The van der Waals surface area contributed by atoms with E-state index >= 15 is 0 Å². The van der Waals surface area contributed by atoms with Crippen molar-refractivity contribution < 1.29 is 37.7 Å². The first-order valence-corrected chi connectivity index (χ1v) is 6.70. The van der Waals surface area contributed by atoms with Gasteiger partial charge in [-0.2, -0.15) is 8.78 Å². The van der Waals surface area contributed by atoms with Crippen LogP contribution >= 0.6 is 0 Å². The third-order valence-corrected chi connectivity index (χ3v) is 2.78. The van der Waals surface area contributed by atoms with Gasteiger partial charge in [-0.05, 0) is 0 Å². The van der Waals surface area contributed by atoms with Crippen LogP contribution in [0.1, 0.15) is 18.6 Å². The molecule has 0 bridgehead atoms. The van der Waals surface area contributed by atoms with Crippen LogP contribution in [0.2, 0.25) is 0 Å². The van der Waals surface area contributed by atoms with Gasteiger partial charge in [-0.3, -0.25) is 24.2 Å². The summed E-state index contributed by atoms with van der Waals surface area (Å²) in [6.45, 7) is 0.700. The van der Waals surface area contributed by atoms with Gasteiger partial charge in [0.1, 0.15) is 12.7 Å². The van der Waals surface area contributed by atoms with E-state index in [0.717, 1.165) is 13.8 Å². The molecule has 0 saturated heterocycles. The molecule has 0 radical (unpaired) electrons. The molecule has 0 aliphatic carbocycles. The number of hydrogen-bond donors (Lipinski definition) is 2. The fraction of sp³-hybridized carbons (Fsp3) is 0.462. The number of carbonyl (C=O) groups excluding carboxylic acids is 3. The van der Waals surface area contributed by atoms with Crippen LogP contribution in [0.25, 0.3) is 0 Å². The summed E-state index contributed by atoms with van der Waals surface area (Å²) in [5.74, 6) is -8.91. The highest BCUT2D eigenvalue weighted by Gasteiger charge is 2.54. The predicted octanol–water partition coefficient (Wildman–Crippen LogP) is -1.33. The summed E-state index contributed by atoms with van der Waals surface area (Å²) in [6.07, 6.45) is -4.50. The molecule has 0 unspecified atom stereocenters. The molecule has 25 heavy (non-hydrogen) atoms. The fourth-order valence-electron chi connectivity index (χ4n) is 1.72. The monoisotopic (exact) mass is 364 g/mol. The summed E-state index contributed by atoms with van der Waals surface area (Å²) in [7, 11) is 0. The normalized spacial score (nSPS) is 13.6. The lowest BCUT2D eigenvalue weighted by Crippen LogP contribution is -2.55. The predicted molar refractivity (Wildman–Crippen MR) is 75.1 cm³/mol. The Balaban J connectivity index is 3.22. The number of esters is 2. The summed E-state index contributed by atoms with van der Waals surface area (Å²) in [6, 6.07) is 0.644. The molecule has 2 N–H and O–H groups in total. The molecular formula is C13H14F2N2O8. The van der Waals surface area contributed by atoms with Crippen LogP contribution in [-0.2, 0) is 19.1 Å². The first kappa shape index (κ1) is 20.2. The average Bonchev–Trinajstić information content (AvgIpc) is 2.49. The highest BCUT2D eigenvalue weighted by molar-refractivity contribution is 5.86. The summed E-state index contributed by atoms with van der Waals surface area (Å²) in [5.41, 5.74) is -2.38. The molecule has 10 nitrogen and oxygen atoms in total. The first-order valence-electron chi connectivity index (χ1n) is 6.70. The molecular weight excluding hydrogens is 350 g/mol. The van der Waals surface area contributed by atoms with Crippen molar-refractivity contribution in [2.75, 3.05) is 6.61 Å². The second kappa shape index (κ2) is 7.79. The number of ether oxygens (including phenoxy) is 2. The van der Waals surface area contributed by atoms with Crippen molar-refractivity contribution in [3.05, 3.63) is 33.1 Å². The summed E-state index contributed by atoms with van der Waals surface area (Å²) >= 11 is 0. The van der Waals surface area contributed by atoms with E-state index in [2.05, 4.69) is 9.47 Å². The maximum atomic E-state index is 14.4. The molecule has 0 spiro atoms. The molecule has 1 aromatic rings. The van der Waals surface area contributed by atoms with Gasteiger partial charge in [0.15, 0.2) is 0 Å². The van der Waals surface area contributed by atoms with E-state index in [1.54, 1.807) is 4.98 Å². The average molecular weight is 364 g/mol. The topological polar surface area (TPSA) is 145 Å². The Morgan fingerprint density at radius 1 is 1.28 bits per heavy atom. The molecule has 0 aliphatic rings. The van der Waals surface area contributed by atoms with Crippen LogP contribution in [0.5, 0.6) is 0 Å². The zero-order chi connectivity index (χ0) is 19.4. The Morgan fingerprint density at radius 2 is 1.88 bits per heavy atom. The lowest BCUT2D eigenvalue weighted by Gasteiger charge is -2.28. The molecule has 0 aliphatic heterocycles. The Hall–Kier alpha value is -2.89. The maximum Gasteiger partial charge on any atom is 0.364 e. The molecule has 2 atom stereocenters. The van der Waals surface area contributed by atoms with Crippen LogP contribution in [0.4, 0.5) is 8.78 Å². The van der Waals surface area contributed by atoms with Crippen molar-refractivity contribution in [1.82, 2.24) is 9.55 Å². The van der Waals surface area contributed by atoms with Gasteiger partial charge in [0, 0.05) is 26.1 Å². The number of aromatic nitrogens is 2. The number of hydrogen-bond acceptors (Lipinski definition) is 8. The van der Waals surface area contributed by atoms with E-state index in [1.807, 2.05) is 0 Å². The number of carbonyl (C=O) groups is 3. The van der Waals surface area contributed by atoms with Gasteiger partial charge in [-0.15, -0.1) is 0 Å². The van der Waals surface area contributed by atoms with E-state index < -0.39 is 53.8 Å². The van der Waals surface area contributed by atoms with Crippen LogP contribution in [-0.4, -0.2) is 57.2 Å². The van der Waals surface area contributed by atoms with Crippen molar-refractivity contribution in [2.24, 2.45) is 0 Å². The molecule has 0 saturated carbocycles. The highest BCUT2D eigenvalue weighted by atomic mass is 19.3. The molecule has 0 fully saturated rings. The van der Waals surface area contributed by atoms with E-state index in [1.165, 1.54) is 0 Å². The number of halogens is 2. The molecule has 1 heterocycles. The third kappa shape index (κ3) is 5.04. The lowest BCUT2D eigenvalue weighted by molar-refractivity contribution is -0.185. The van der Waals surface area contributed by atoms with E-state index in [4.69, 9.17) is 0 Å². The van der Waals surface area contributed by atoms with E-state index in [0.29, 0.717) is 12.3 Å². The standard InChI is InChI=1S/C13H14F2N2O8/c1-6(18)24-5-8(20)10(25-7(2)19)13(14,15)11(22)17-4-3-9(21)16-12(17)23/h3-4,8,10,20H,5H2,1-2H3,(H,16,21,23)/t8-,10-/m1/s1. The number of alkyl halides is 2. The summed E-state index contributed by atoms with van der Waals surface area (Å²) in [5, 5.41) is 9.72. The minimum atomic E-state index is -4.58. The van der Waals surface area contributed by atoms with Crippen molar-refractivity contribution in [3.63, 3.8) is 0 Å². The number of nitrogens with one attached hydrogen (secondary N) is 1. The maximum absolute atomic E-state index is 14.4. The Bertz CT molecular complexity index is 785. The van der Waals surface area contributed by atoms with Crippen molar-refractivity contribution >= 4 is 17.8 Å². The van der Waals surface area contributed by atoms with Crippen LogP contribution in [0.3, 0.4) is 0 Å². The van der Waals surface area contributed by atoms with Crippen molar-refractivity contribution in [2.45, 2.75) is 32.0 Å². The van der Waals surface area contributed by atoms with Crippen molar-refractivity contribution in [1.29, 1.82) is 0 Å². The van der Waals surface area contributed by atoms with Crippen LogP contribution in [0.15, 0.2) is 21.9 Å². The Labute approximate surface area is 138 Å². The second-order valence-corrected chi connectivity index (χ2v) is 4.81. The fourth-order valence-corrected chi connectivity index (χ4v) is 1.72. The summed E-state index contributed by atoms with van der Waals surface area (Å²) < 4.78 is 37.3. The number of aliphatic hydroxyl groups excluding tert-OH is 1. The number of H-pyrrole nitrogens is 1. The van der Waals surface area contributed by atoms with Gasteiger partial charge in [0.25, 0.3) is 5.56 Å². The minimum Gasteiger partial charge on any atom is -0.463 e. The molecule has 0 aromatic carbocycles. The Morgan fingerprint density at radius 3 is 2.36 bits per heavy atom. The lowest BCUT2D eigenvalue weighted by atomic mass is 10.1. The minimum absolute atomic E-state index is 0.115. The highest BCUT2D eigenvalue weighted by Crippen LogP contribution is 2.26. The first-order chi connectivity index (χ1) is 11.5. The molecule has 138 valence electrons. The van der Waals surface area contributed by atoms with Crippen molar-refractivity contribution in [3.8, 4) is 0 Å². The zero-order valence-corrected chi connectivity index (χ0v) is 13.0. The number of rotatable bonds is 6. The molecule has 12 heteroatoms. The number of nitrogens with zero attached hydrogens (tertiary/aromatic N) is 1. The van der Waals surface area contributed by atoms with Gasteiger partial charge >= 0.3 is 29.5 Å². The zero-order valence-electron chi connectivity index (χ0n) is 13.0. The van der Waals surface area contributed by atoms with Gasteiger partial charge in [-0.1, -0.05) is 0 Å². The molecule has 1 rings (SSSR count). The van der Waals surface area contributed by atoms with E-state index in [-0.39, 0.29) is 4.57 Å². The van der Waals surface area contributed by atoms with Gasteiger partial charge in [0.2, 0.25) is 6.10 Å². The SMILES string of the molecule is CC(=O)OC[C@@H](O)[C@@H](OC(C)=O)C(F)(F)C(=O)n1ccc(=O)[nH]c1=O. The quantitative estimate of drug-likeness (QED) is 0.591. The summed E-state index contributed by atoms with van der Waals surface area (Å²) in [4.78, 5) is 57.7. The van der Waals surface area contributed by atoms with Crippen LogP contribution in [0, 0.1) is 0 Å². The van der Waals surface area contributed by atoms with Gasteiger partial charge in [-0.25, -0.2) is 9.36 Å². The smallest absolute Gasteiger partial charge is 0.364 e. The second-order valence-electron chi connectivity index (χ2n) is 4.81. The largest absolute Gasteiger partial charge is 0.463 e. The number of aliphatic hydroxyl groups is 1. The van der Waals surface area contributed by atoms with Gasteiger partial charge in [0.05, 0.1) is 0 Å². The third-order valence-electron chi connectivity index (χ3n) is 2.78. The molecule has 1 aromatic heterocycles. The number of aromatic amines is 1. The van der Waals surface area contributed by atoms with E-state index in [9.17, 15) is 37.9 Å². The Kier molecular flexibility index (Phi) is 6.28. The molecule has 0 amide bonds. The van der Waals surface area contributed by atoms with Gasteiger partial charge < -0.3 is 14.6 Å². The van der Waals surface area contributed by atoms with Crippen LogP contribution < -0.4 is 11.2 Å².